The second-order valence-electron chi connectivity index (χ2n) is 10.1. The van der Waals surface area contributed by atoms with Gasteiger partial charge >= 0.3 is 6.03 Å². The number of amides is 2. The number of anilines is 3. The topological polar surface area (TPSA) is 102 Å². The Labute approximate surface area is 215 Å². The number of aryl methyl sites for hydroxylation is 1. The Hall–Kier alpha value is -3.76. The molecule has 2 saturated heterocycles. The lowest BCUT2D eigenvalue weighted by Gasteiger charge is -2.35. The third-order valence-corrected chi connectivity index (χ3v) is 6.83. The molecule has 0 saturated carbocycles. The van der Waals surface area contributed by atoms with Crippen LogP contribution in [0.25, 0.3) is 11.3 Å². The first-order chi connectivity index (χ1) is 17.8. The molecule has 2 bridgehead atoms. The zero-order valence-corrected chi connectivity index (χ0v) is 21.2. The molecule has 3 aromatic heterocycles. The fraction of sp³-hybridized carbons (Fsp3) is 0.407. The summed E-state index contributed by atoms with van der Waals surface area (Å²) in [6, 6.07) is 11.2. The highest BCUT2D eigenvalue weighted by Gasteiger charge is 2.40. The van der Waals surface area contributed by atoms with Crippen molar-refractivity contribution in [1.29, 1.82) is 0 Å². The number of hydrogen-bond donors (Lipinski definition) is 1. The highest BCUT2D eigenvalue weighted by Crippen LogP contribution is 2.40. The van der Waals surface area contributed by atoms with E-state index in [0.717, 1.165) is 42.1 Å². The van der Waals surface area contributed by atoms with Crippen LogP contribution in [0.2, 0.25) is 0 Å². The van der Waals surface area contributed by atoms with Gasteiger partial charge in [0.1, 0.15) is 24.3 Å². The highest BCUT2D eigenvalue weighted by molar-refractivity contribution is 6.04. The molecule has 6 rings (SSSR count). The SMILES string of the molecule is Cc1cc(-c2ccc3c(n2)N(C(=O)Nc2cc(OC[C@@H]4COC(C)(C)O4)ccn2)C2CCN3C2)ccn1. The number of carbonyl (C=O) groups excluding carboxylic acids is 1. The average molecular weight is 503 g/mol. The Kier molecular flexibility index (Phi) is 5.92. The number of aromatic nitrogens is 3. The van der Waals surface area contributed by atoms with E-state index in [0.29, 0.717) is 30.6 Å². The number of nitrogens with one attached hydrogen (secondary N) is 1. The van der Waals surface area contributed by atoms with Crippen LogP contribution in [0.3, 0.4) is 0 Å². The number of fused-ring (bicyclic) bond motifs is 4. The minimum atomic E-state index is -0.601. The van der Waals surface area contributed by atoms with Gasteiger partial charge in [-0.2, -0.15) is 0 Å². The van der Waals surface area contributed by atoms with Crippen molar-refractivity contribution in [3.05, 3.63) is 54.5 Å². The van der Waals surface area contributed by atoms with E-state index in [9.17, 15) is 4.79 Å². The number of nitrogens with zero attached hydrogens (tertiary/aromatic N) is 5. The molecule has 192 valence electrons. The smallest absolute Gasteiger partial charge is 0.329 e. The van der Waals surface area contributed by atoms with Crippen LogP contribution >= 0.6 is 0 Å². The number of rotatable bonds is 5. The quantitative estimate of drug-likeness (QED) is 0.559. The van der Waals surface area contributed by atoms with Crippen molar-refractivity contribution in [2.75, 3.05) is 41.4 Å². The van der Waals surface area contributed by atoms with Crippen LogP contribution < -0.4 is 19.9 Å². The number of carbonyl (C=O) groups is 1. The Morgan fingerprint density at radius 1 is 1.19 bits per heavy atom. The Morgan fingerprint density at radius 3 is 2.86 bits per heavy atom. The monoisotopic (exact) mass is 502 g/mol. The molecule has 10 heteroatoms. The van der Waals surface area contributed by atoms with E-state index in [-0.39, 0.29) is 18.2 Å². The van der Waals surface area contributed by atoms with E-state index in [2.05, 4.69) is 26.3 Å². The van der Waals surface area contributed by atoms with Crippen molar-refractivity contribution in [1.82, 2.24) is 15.0 Å². The molecule has 1 unspecified atom stereocenters. The van der Waals surface area contributed by atoms with Crippen molar-refractivity contribution in [2.45, 2.75) is 45.1 Å². The molecule has 0 radical (unpaired) electrons. The van der Waals surface area contributed by atoms with Gasteiger partial charge in [-0.15, -0.1) is 0 Å². The molecule has 0 aliphatic carbocycles. The zero-order chi connectivity index (χ0) is 25.6. The van der Waals surface area contributed by atoms with E-state index in [1.54, 1.807) is 29.4 Å². The van der Waals surface area contributed by atoms with Gasteiger partial charge in [0.15, 0.2) is 11.6 Å². The Morgan fingerprint density at radius 2 is 2.05 bits per heavy atom. The summed E-state index contributed by atoms with van der Waals surface area (Å²) in [6.07, 6.45) is 4.12. The van der Waals surface area contributed by atoms with Crippen LogP contribution in [0, 0.1) is 6.92 Å². The summed E-state index contributed by atoms with van der Waals surface area (Å²) in [5.74, 6) is 1.06. The van der Waals surface area contributed by atoms with E-state index in [4.69, 9.17) is 19.2 Å². The van der Waals surface area contributed by atoms with E-state index >= 15 is 0 Å². The van der Waals surface area contributed by atoms with Crippen LogP contribution in [0.4, 0.5) is 22.1 Å². The number of ether oxygens (including phenoxy) is 3. The van der Waals surface area contributed by atoms with Crippen LogP contribution in [-0.4, -0.2) is 65.2 Å². The second-order valence-corrected chi connectivity index (χ2v) is 10.1. The van der Waals surface area contributed by atoms with Crippen LogP contribution in [0.15, 0.2) is 48.8 Å². The highest BCUT2D eigenvalue weighted by atomic mass is 16.7. The number of urea groups is 1. The fourth-order valence-corrected chi connectivity index (χ4v) is 5.11. The molecule has 37 heavy (non-hydrogen) atoms. The molecule has 2 fully saturated rings. The van der Waals surface area contributed by atoms with Gasteiger partial charge in [0, 0.05) is 42.8 Å². The molecular weight excluding hydrogens is 472 g/mol. The van der Waals surface area contributed by atoms with Crippen LogP contribution in [0.5, 0.6) is 5.75 Å². The summed E-state index contributed by atoms with van der Waals surface area (Å²) in [5.41, 5.74) is 3.65. The van der Waals surface area contributed by atoms with Gasteiger partial charge in [-0.3, -0.25) is 15.2 Å². The summed E-state index contributed by atoms with van der Waals surface area (Å²) in [7, 11) is 0. The maximum atomic E-state index is 13.6. The normalized spacial score (nSPS) is 21.6. The third kappa shape index (κ3) is 4.82. The van der Waals surface area contributed by atoms with Crippen molar-refractivity contribution in [2.24, 2.45) is 0 Å². The third-order valence-electron chi connectivity index (χ3n) is 6.83. The van der Waals surface area contributed by atoms with Gasteiger partial charge in [-0.05, 0) is 57.5 Å². The lowest BCUT2D eigenvalue weighted by atomic mass is 10.1. The lowest BCUT2D eigenvalue weighted by molar-refractivity contribution is -0.141. The molecule has 6 heterocycles. The van der Waals surface area contributed by atoms with Crippen molar-refractivity contribution < 1.29 is 19.0 Å². The standard InChI is InChI=1S/C27H30N6O4/c1-17-12-18(6-9-28-17)22-4-5-23-25(30-22)33(19-8-11-32(23)14-19)26(34)31-24-13-20(7-10-29-24)35-15-21-16-36-27(2,3)37-21/h4-7,9-10,12-13,19,21H,8,11,14-16H2,1-3H3,(H,29,31,34)/t19?,21-/m1/s1. The summed E-state index contributed by atoms with van der Waals surface area (Å²) in [4.78, 5) is 31.2. The summed E-state index contributed by atoms with van der Waals surface area (Å²) in [6.45, 7) is 8.21. The molecular formula is C27H30N6O4. The van der Waals surface area contributed by atoms with Gasteiger partial charge < -0.3 is 19.1 Å². The zero-order valence-electron chi connectivity index (χ0n) is 21.2. The van der Waals surface area contributed by atoms with E-state index in [1.165, 1.54) is 0 Å². The molecule has 3 aliphatic rings. The molecule has 10 nitrogen and oxygen atoms in total. The molecule has 1 N–H and O–H groups in total. The predicted octanol–water partition coefficient (Wildman–Crippen LogP) is 4.01. The summed E-state index contributed by atoms with van der Waals surface area (Å²) >= 11 is 0. The maximum Gasteiger partial charge on any atom is 0.329 e. The second kappa shape index (κ2) is 9.28. The predicted molar refractivity (Wildman–Crippen MR) is 139 cm³/mol. The summed E-state index contributed by atoms with van der Waals surface area (Å²) < 4.78 is 17.3. The van der Waals surface area contributed by atoms with E-state index < -0.39 is 5.79 Å². The van der Waals surface area contributed by atoms with Crippen molar-refractivity contribution in [3.63, 3.8) is 0 Å². The molecule has 0 aromatic carbocycles. The maximum absolute atomic E-state index is 13.6. The first-order valence-electron chi connectivity index (χ1n) is 12.5. The fourth-order valence-electron chi connectivity index (χ4n) is 5.11. The first-order valence-corrected chi connectivity index (χ1v) is 12.5. The first kappa shape index (κ1) is 23.6. The number of pyridine rings is 3. The van der Waals surface area contributed by atoms with Gasteiger partial charge in [0.05, 0.1) is 24.0 Å². The van der Waals surface area contributed by atoms with Gasteiger partial charge in [0.2, 0.25) is 0 Å². The van der Waals surface area contributed by atoms with Gasteiger partial charge in [0.25, 0.3) is 0 Å². The minimum Gasteiger partial charge on any atom is -0.491 e. The van der Waals surface area contributed by atoms with Crippen molar-refractivity contribution in [3.8, 4) is 17.0 Å². The lowest BCUT2D eigenvalue weighted by Crippen LogP contribution is -2.48. The molecule has 2 atom stereocenters. The summed E-state index contributed by atoms with van der Waals surface area (Å²) in [5, 5.41) is 2.96. The molecule has 2 amide bonds. The molecule has 0 spiro atoms. The molecule has 3 aromatic rings. The minimum absolute atomic E-state index is 0.0386. The number of hydrogen-bond acceptors (Lipinski definition) is 8. The van der Waals surface area contributed by atoms with Crippen LogP contribution in [-0.2, 0) is 9.47 Å². The van der Waals surface area contributed by atoms with Gasteiger partial charge in [-0.25, -0.2) is 14.8 Å². The average Bonchev–Trinajstić information content (AvgIpc) is 3.46. The van der Waals surface area contributed by atoms with E-state index in [1.807, 2.05) is 39.0 Å². The van der Waals surface area contributed by atoms with Crippen molar-refractivity contribution >= 4 is 23.4 Å². The van der Waals surface area contributed by atoms with Gasteiger partial charge in [-0.1, -0.05) is 0 Å². The Balaban J connectivity index is 1.21. The Bertz CT molecular complexity index is 1330. The molecule has 3 aliphatic heterocycles. The largest absolute Gasteiger partial charge is 0.491 e. The van der Waals surface area contributed by atoms with Crippen LogP contribution in [0.1, 0.15) is 26.0 Å².